The van der Waals surface area contributed by atoms with Gasteiger partial charge in [-0.2, -0.15) is 5.10 Å². The van der Waals surface area contributed by atoms with E-state index in [1.165, 1.54) is 0 Å². The minimum Gasteiger partial charge on any atom is -0.350 e. The first-order chi connectivity index (χ1) is 22.1. The molecule has 1 aromatic carbocycles. The van der Waals surface area contributed by atoms with E-state index in [4.69, 9.17) is 0 Å². The number of hydrogen-bond donors (Lipinski definition) is 3. The maximum Gasteiger partial charge on any atom is 0.270 e. The van der Waals surface area contributed by atoms with E-state index in [1.807, 2.05) is 57.0 Å². The van der Waals surface area contributed by atoms with Gasteiger partial charge in [0.1, 0.15) is 17.8 Å². The molecule has 11 nitrogen and oxygen atoms in total. The van der Waals surface area contributed by atoms with Gasteiger partial charge in [-0.05, 0) is 56.8 Å². The fraction of sp³-hybridized carbons (Fsp3) is 0.629. The van der Waals surface area contributed by atoms with E-state index in [2.05, 4.69) is 25.9 Å². The standard InChI is InChI=1S/C35H53N7O4/c1-6-30(43)38-31(35(46)41-21-19-40(5)20-22-41)25(4)27-15-13-26(14-16-27)23-36-34(45)32(28-11-9-7-8-10-12-28)39-33(44)29-17-18-37-42(29)24(2)3/h13-18,24-25,28,31-32H,6-12,19-23H2,1-5H3,(H,36,45)(H,38,43)(H,39,44)/t25?,31-,32+/m1/s1. The summed E-state index contributed by atoms with van der Waals surface area (Å²) in [6.07, 6.45) is 8.11. The predicted molar refractivity (Wildman–Crippen MR) is 178 cm³/mol. The second kappa shape index (κ2) is 16.7. The number of piperazine rings is 1. The quantitative estimate of drug-likeness (QED) is 0.306. The Morgan fingerprint density at radius 1 is 0.891 bits per heavy atom. The molecule has 3 atom stereocenters. The zero-order valence-corrected chi connectivity index (χ0v) is 28.3. The van der Waals surface area contributed by atoms with Crippen LogP contribution < -0.4 is 16.0 Å². The molecule has 2 fully saturated rings. The highest BCUT2D eigenvalue weighted by atomic mass is 16.2. The van der Waals surface area contributed by atoms with E-state index < -0.39 is 12.1 Å². The molecule has 1 unspecified atom stereocenters. The fourth-order valence-corrected chi connectivity index (χ4v) is 6.49. The van der Waals surface area contributed by atoms with Crippen molar-refractivity contribution in [3.63, 3.8) is 0 Å². The smallest absolute Gasteiger partial charge is 0.270 e. The molecule has 3 N–H and O–H groups in total. The number of likely N-dealkylation sites (N-methyl/N-ethyl adjacent to an activating group) is 1. The molecule has 4 rings (SSSR count). The van der Waals surface area contributed by atoms with Crippen molar-refractivity contribution in [3.8, 4) is 0 Å². The van der Waals surface area contributed by atoms with Crippen molar-refractivity contribution >= 4 is 23.6 Å². The number of benzene rings is 1. The molecule has 1 aliphatic carbocycles. The van der Waals surface area contributed by atoms with Crippen molar-refractivity contribution < 1.29 is 19.2 Å². The van der Waals surface area contributed by atoms with Crippen molar-refractivity contribution in [2.24, 2.45) is 5.92 Å². The van der Waals surface area contributed by atoms with Gasteiger partial charge < -0.3 is 25.8 Å². The highest BCUT2D eigenvalue weighted by Gasteiger charge is 2.33. The minimum absolute atomic E-state index is 0.0229. The number of nitrogens with one attached hydrogen (secondary N) is 3. The Bertz CT molecular complexity index is 1310. The number of nitrogens with zero attached hydrogens (tertiary/aromatic N) is 4. The highest BCUT2D eigenvalue weighted by Crippen LogP contribution is 2.27. The number of aromatic nitrogens is 2. The van der Waals surface area contributed by atoms with Crippen molar-refractivity contribution in [3.05, 3.63) is 53.3 Å². The lowest BCUT2D eigenvalue weighted by Crippen LogP contribution is -2.55. The Balaban J connectivity index is 1.43. The van der Waals surface area contributed by atoms with Gasteiger partial charge in [-0.1, -0.05) is 63.8 Å². The molecule has 0 bridgehead atoms. The molecule has 2 heterocycles. The van der Waals surface area contributed by atoms with Crippen molar-refractivity contribution in [1.82, 2.24) is 35.5 Å². The van der Waals surface area contributed by atoms with Crippen molar-refractivity contribution in [2.75, 3.05) is 33.2 Å². The summed E-state index contributed by atoms with van der Waals surface area (Å²) in [5.74, 6) is -0.846. The largest absolute Gasteiger partial charge is 0.350 e. The number of rotatable bonds is 12. The fourth-order valence-electron chi connectivity index (χ4n) is 6.49. The third kappa shape index (κ3) is 9.18. The van der Waals surface area contributed by atoms with Gasteiger partial charge in [0.25, 0.3) is 5.91 Å². The Labute approximate surface area is 273 Å². The summed E-state index contributed by atoms with van der Waals surface area (Å²) < 4.78 is 1.68. The summed E-state index contributed by atoms with van der Waals surface area (Å²) in [4.78, 5) is 57.0. The van der Waals surface area contributed by atoms with E-state index in [1.54, 1.807) is 23.9 Å². The molecule has 2 aliphatic rings. The van der Waals surface area contributed by atoms with Crippen LogP contribution >= 0.6 is 0 Å². The number of carbonyl (C=O) groups excluding carboxylic acids is 4. The van der Waals surface area contributed by atoms with Crippen LogP contribution in [0.5, 0.6) is 0 Å². The highest BCUT2D eigenvalue weighted by molar-refractivity contribution is 5.96. The summed E-state index contributed by atoms with van der Waals surface area (Å²) in [6, 6.07) is 8.25. The zero-order chi connectivity index (χ0) is 33.2. The third-order valence-corrected chi connectivity index (χ3v) is 9.52. The van der Waals surface area contributed by atoms with E-state index in [9.17, 15) is 19.2 Å². The molecule has 11 heteroatoms. The number of carbonyl (C=O) groups is 4. The van der Waals surface area contributed by atoms with Gasteiger partial charge in [-0.15, -0.1) is 0 Å². The van der Waals surface area contributed by atoms with Gasteiger partial charge in [0.05, 0.1) is 0 Å². The molecule has 4 amide bonds. The lowest BCUT2D eigenvalue weighted by atomic mass is 9.90. The van der Waals surface area contributed by atoms with E-state index >= 15 is 0 Å². The van der Waals surface area contributed by atoms with Crippen LogP contribution in [0.25, 0.3) is 0 Å². The van der Waals surface area contributed by atoms with Crippen LogP contribution in [0.1, 0.15) is 106 Å². The molecule has 2 aromatic rings. The van der Waals surface area contributed by atoms with Gasteiger partial charge in [0, 0.05) is 57.3 Å². The van der Waals surface area contributed by atoms with E-state index in [0.717, 1.165) is 62.7 Å². The lowest BCUT2D eigenvalue weighted by molar-refractivity contribution is -0.138. The molecule has 252 valence electrons. The molecule has 1 aliphatic heterocycles. The summed E-state index contributed by atoms with van der Waals surface area (Å²) in [6.45, 7) is 10.9. The Morgan fingerprint density at radius 2 is 1.54 bits per heavy atom. The average Bonchev–Trinajstić information content (AvgIpc) is 3.41. The normalized spacial score (nSPS) is 18.3. The van der Waals surface area contributed by atoms with Crippen molar-refractivity contribution in [2.45, 2.75) is 103 Å². The zero-order valence-electron chi connectivity index (χ0n) is 28.3. The van der Waals surface area contributed by atoms with Crippen LogP contribution in [-0.2, 0) is 20.9 Å². The van der Waals surface area contributed by atoms with E-state index in [-0.39, 0.29) is 41.5 Å². The predicted octanol–water partition coefficient (Wildman–Crippen LogP) is 3.62. The molecular weight excluding hydrogens is 582 g/mol. The Hall–Kier alpha value is -3.73. The van der Waals surface area contributed by atoms with Gasteiger partial charge in [-0.25, -0.2) is 0 Å². The maximum absolute atomic E-state index is 13.7. The first-order valence-corrected chi connectivity index (χ1v) is 17.1. The maximum atomic E-state index is 13.7. The van der Waals surface area contributed by atoms with Gasteiger partial charge in [0.15, 0.2) is 0 Å². The van der Waals surface area contributed by atoms with Crippen LogP contribution in [0.4, 0.5) is 0 Å². The second-order valence-corrected chi connectivity index (χ2v) is 13.2. The summed E-state index contributed by atoms with van der Waals surface area (Å²) >= 11 is 0. The second-order valence-electron chi connectivity index (χ2n) is 13.2. The number of amides is 4. The minimum atomic E-state index is -0.655. The summed E-state index contributed by atoms with van der Waals surface area (Å²) in [5.41, 5.74) is 2.29. The third-order valence-electron chi connectivity index (χ3n) is 9.52. The lowest BCUT2D eigenvalue weighted by Gasteiger charge is -2.36. The van der Waals surface area contributed by atoms with Gasteiger partial charge in [0.2, 0.25) is 17.7 Å². The van der Waals surface area contributed by atoms with Crippen LogP contribution in [0.2, 0.25) is 0 Å². The molecule has 0 radical (unpaired) electrons. The summed E-state index contributed by atoms with van der Waals surface area (Å²) in [5, 5.41) is 13.4. The summed E-state index contributed by atoms with van der Waals surface area (Å²) in [7, 11) is 2.04. The van der Waals surface area contributed by atoms with E-state index in [0.29, 0.717) is 31.7 Å². The van der Waals surface area contributed by atoms with Crippen molar-refractivity contribution in [1.29, 1.82) is 0 Å². The van der Waals surface area contributed by atoms with Crippen LogP contribution in [-0.4, -0.2) is 88.5 Å². The molecule has 1 aromatic heterocycles. The monoisotopic (exact) mass is 635 g/mol. The Kier molecular flexibility index (Phi) is 12.8. The van der Waals surface area contributed by atoms with Crippen LogP contribution in [0, 0.1) is 5.92 Å². The molecular formula is C35H53N7O4. The molecule has 1 saturated carbocycles. The molecule has 46 heavy (non-hydrogen) atoms. The molecule has 1 saturated heterocycles. The SMILES string of the molecule is CCC(=O)N[C@@H](C(=O)N1CCN(C)CC1)C(C)c1ccc(CNC(=O)[C@@H](NC(=O)c2ccnn2C(C)C)C2CCCCCC2)cc1. The topological polar surface area (TPSA) is 129 Å². The number of hydrogen-bond acceptors (Lipinski definition) is 6. The van der Waals surface area contributed by atoms with Crippen LogP contribution in [0.15, 0.2) is 36.5 Å². The van der Waals surface area contributed by atoms with Gasteiger partial charge >= 0.3 is 0 Å². The molecule has 0 spiro atoms. The van der Waals surface area contributed by atoms with Crippen LogP contribution in [0.3, 0.4) is 0 Å². The van der Waals surface area contributed by atoms with Gasteiger partial charge in [-0.3, -0.25) is 23.9 Å². The first kappa shape index (κ1) is 35.1. The average molecular weight is 636 g/mol. The first-order valence-electron chi connectivity index (χ1n) is 17.1. The Morgan fingerprint density at radius 3 is 2.15 bits per heavy atom.